The third-order valence-corrected chi connectivity index (χ3v) is 2.67. The molecule has 0 atom stereocenters. The molecule has 4 nitrogen and oxygen atoms in total. The molecule has 1 aromatic rings. The summed E-state index contributed by atoms with van der Waals surface area (Å²) in [7, 11) is 1.37. The summed E-state index contributed by atoms with van der Waals surface area (Å²) in [4.78, 5) is 15.7. The molecule has 2 heterocycles. The Balaban J connectivity index is 2.45. The number of pyridine rings is 1. The Hall–Kier alpha value is -1.42. The minimum Gasteiger partial charge on any atom is -0.464 e. The lowest BCUT2D eigenvalue weighted by molar-refractivity contribution is 0.0593. The number of nitrogens with one attached hydrogen (secondary N) is 1. The fourth-order valence-corrected chi connectivity index (χ4v) is 1.88. The van der Waals surface area contributed by atoms with Gasteiger partial charge < -0.3 is 10.1 Å². The third-order valence-electron chi connectivity index (χ3n) is 2.67. The second-order valence-electron chi connectivity index (χ2n) is 3.67. The van der Waals surface area contributed by atoms with Crippen LogP contribution in [0.3, 0.4) is 0 Å². The molecule has 0 aromatic carbocycles. The molecule has 0 aliphatic carbocycles. The van der Waals surface area contributed by atoms with Crippen LogP contribution < -0.4 is 5.32 Å². The first-order chi connectivity index (χ1) is 7.22. The van der Waals surface area contributed by atoms with Gasteiger partial charge in [-0.25, -0.2) is 9.78 Å². The van der Waals surface area contributed by atoms with Gasteiger partial charge in [0.1, 0.15) is 5.69 Å². The number of ether oxygens (including phenoxy) is 1. The van der Waals surface area contributed by atoms with Crippen molar-refractivity contribution in [1.29, 1.82) is 0 Å². The summed E-state index contributed by atoms with van der Waals surface area (Å²) >= 11 is 0. The van der Waals surface area contributed by atoms with Gasteiger partial charge in [0.2, 0.25) is 0 Å². The smallest absolute Gasteiger partial charge is 0.356 e. The normalized spacial score (nSPS) is 14.5. The van der Waals surface area contributed by atoms with Crippen molar-refractivity contribution in [3.8, 4) is 0 Å². The Labute approximate surface area is 88.7 Å². The molecule has 80 valence electrons. The molecule has 1 aliphatic rings. The highest BCUT2D eigenvalue weighted by Crippen LogP contribution is 2.17. The predicted octanol–water partition coefficient (Wildman–Crippen LogP) is 0.822. The van der Waals surface area contributed by atoms with Crippen LogP contribution in [-0.2, 0) is 17.7 Å². The van der Waals surface area contributed by atoms with Gasteiger partial charge in [0.05, 0.1) is 12.8 Å². The molecule has 1 aromatic heterocycles. The quantitative estimate of drug-likeness (QED) is 0.691. The van der Waals surface area contributed by atoms with Crippen LogP contribution in [0, 0.1) is 6.92 Å². The number of carbonyl (C=O) groups excluding carboxylic acids is 1. The van der Waals surface area contributed by atoms with Gasteiger partial charge >= 0.3 is 5.97 Å². The minimum absolute atomic E-state index is 0.369. The molecular formula is C11H14N2O2. The molecule has 0 amide bonds. The summed E-state index contributed by atoms with van der Waals surface area (Å²) in [5.74, 6) is -0.369. The van der Waals surface area contributed by atoms with Crippen LogP contribution in [-0.4, -0.2) is 24.6 Å². The van der Waals surface area contributed by atoms with Crippen molar-refractivity contribution in [3.63, 3.8) is 0 Å². The van der Waals surface area contributed by atoms with Crippen LogP contribution in [0.2, 0.25) is 0 Å². The molecule has 0 spiro atoms. The van der Waals surface area contributed by atoms with Crippen LogP contribution in [0.1, 0.15) is 27.3 Å². The summed E-state index contributed by atoms with van der Waals surface area (Å²) in [6.45, 7) is 3.73. The lowest BCUT2D eigenvalue weighted by Gasteiger charge is -2.18. The standard InChI is InChI=1S/C11H14N2O2/c1-7-5-9(11(14)15-2)13-10-6-12-4-3-8(7)10/h5,12H,3-4,6H2,1-2H3. The van der Waals surface area contributed by atoms with Crippen molar-refractivity contribution in [2.45, 2.75) is 19.9 Å². The Morgan fingerprint density at radius 2 is 2.40 bits per heavy atom. The maximum Gasteiger partial charge on any atom is 0.356 e. The highest BCUT2D eigenvalue weighted by Gasteiger charge is 2.16. The fraction of sp³-hybridized carbons (Fsp3) is 0.455. The number of hydrogen-bond donors (Lipinski definition) is 1. The maximum absolute atomic E-state index is 11.3. The summed E-state index contributed by atoms with van der Waals surface area (Å²) in [5.41, 5.74) is 3.77. The molecule has 1 aliphatic heterocycles. The van der Waals surface area contributed by atoms with E-state index in [1.54, 1.807) is 6.07 Å². The van der Waals surface area contributed by atoms with E-state index in [2.05, 4.69) is 15.0 Å². The van der Waals surface area contributed by atoms with Gasteiger partial charge in [0, 0.05) is 6.54 Å². The summed E-state index contributed by atoms with van der Waals surface area (Å²) in [6.07, 6.45) is 0.982. The third kappa shape index (κ3) is 1.85. The largest absolute Gasteiger partial charge is 0.464 e. The Morgan fingerprint density at radius 1 is 1.60 bits per heavy atom. The van der Waals surface area contributed by atoms with Crippen molar-refractivity contribution in [1.82, 2.24) is 10.3 Å². The number of methoxy groups -OCH3 is 1. The number of aryl methyl sites for hydroxylation is 1. The van der Waals surface area contributed by atoms with E-state index < -0.39 is 0 Å². The van der Waals surface area contributed by atoms with E-state index in [0.29, 0.717) is 5.69 Å². The van der Waals surface area contributed by atoms with Crippen molar-refractivity contribution >= 4 is 5.97 Å². The molecule has 15 heavy (non-hydrogen) atoms. The van der Waals surface area contributed by atoms with Crippen molar-refractivity contribution in [2.24, 2.45) is 0 Å². The van der Waals surface area contributed by atoms with E-state index in [0.717, 1.165) is 30.8 Å². The van der Waals surface area contributed by atoms with E-state index in [-0.39, 0.29) is 5.97 Å². The van der Waals surface area contributed by atoms with Crippen LogP contribution in [0.25, 0.3) is 0 Å². The number of hydrogen-bond acceptors (Lipinski definition) is 4. The van der Waals surface area contributed by atoms with E-state index in [9.17, 15) is 4.79 Å². The highest BCUT2D eigenvalue weighted by atomic mass is 16.5. The van der Waals surface area contributed by atoms with Gasteiger partial charge in [0.25, 0.3) is 0 Å². The van der Waals surface area contributed by atoms with E-state index in [1.165, 1.54) is 12.7 Å². The first-order valence-electron chi connectivity index (χ1n) is 5.01. The van der Waals surface area contributed by atoms with Gasteiger partial charge in [0.15, 0.2) is 0 Å². The Kier molecular flexibility index (Phi) is 2.68. The van der Waals surface area contributed by atoms with Crippen molar-refractivity contribution < 1.29 is 9.53 Å². The molecule has 0 saturated heterocycles. The zero-order chi connectivity index (χ0) is 10.8. The molecule has 2 rings (SSSR count). The zero-order valence-electron chi connectivity index (χ0n) is 8.96. The van der Waals surface area contributed by atoms with Crippen molar-refractivity contribution in [3.05, 3.63) is 28.6 Å². The molecule has 0 unspecified atom stereocenters. The minimum atomic E-state index is -0.369. The zero-order valence-corrected chi connectivity index (χ0v) is 8.96. The van der Waals surface area contributed by atoms with E-state index in [4.69, 9.17) is 0 Å². The van der Waals surface area contributed by atoms with Crippen molar-refractivity contribution in [2.75, 3.05) is 13.7 Å². The van der Waals surface area contributed by atoms with Gasteiger partial charge in [-0.3, -0.25) is 0 Å². The Morgan fingerprint density at radius 3 is 3.13 bits per heavy atom. The number of aromatic nitrogens is 1. The topological polar surface area (TPSA) is 51.2 Å². The summed E-state index contributed by atoms with van der Waals surface area (Å²) in [5, 5.41) is 3.24. The molecule has 0 radical (unpaired) electrons. The maximum atomic E-state index is 11.3. The van der Waals surface area contributed by atoms with Crippen LogP contribution in [0.4, 0.5) is 0 Å². The van der Waals surface area contributed by atoms with Crippen LogP contribution in [0.15, 0.2) is 6.07 Å². The van der Waals surface area contributed by atoms with Gasteiger partial charge in [-0.05, 0) is 37.1 Å². The van der Waals surface area contributed by atoms with Gasteiger partial charge in [-0.2, -0.15) is 0 Å². The number of rotatable bonds is 1. The summed E-state index contributed by atoms with van der Waals surface area (Å²) in [6, 6.07) is 1.80. The number of carbonyl (C=O) groups is 1. The van der Waals surface area contributed by atoms with Gasteiger partial charge in [-0.15, -0.1) is 0 Å². The Bertz CT molecular complexity index is 402. The molecular weight excluding hydrogens is 192 g/mol. The highest BCUT2D eigenvalue weighted by molar-refractivity contribution is 5.87. The van der Waals surface area contributed by atoms with E-state index >= 15 is 0 Å². The second kappa shape index (κ2) is 3.98. The van der Waals surface area contributed by atoms with Crippen LogP contribution >= 0.6 is 0 Å². The molecule has 4 heteroatoms. The summed E-state index contributed by atoms with van der Waals surface area (Å²) < 4.78 is 4.66. The lowest BCUT2D eigenvalue weighted by Crippen LogP contribution is -2.26. The number of esters is 1. The molecule has 0 saturated carbocycles. The first kappa shape index (κ1) is 10.1. The van der Waals surface area contributed by atoms with E-state index in [1.807, 2.05) is 6.92 Å². The fourth-order valence-electron chi connectivity index (χ4n) is 1.88. The number of nitrogens with zero attached hydrogens (tertiary/aromatic N) is 1. The lowest BCUT2D eigenvalue weighted by atomic mass is 10.0. The average Bonchev–Trinajstić information content (AvgIpc) is 2.28. The number of fused-ring (bicyclic) bond motifs is 1. The molecule has 0 fully saturated rings. The molecule has 0 bridgehead atoms. The molecule has 1 N–H and O–H groups in total. The predicted molar refractivity (Wildman–Crippen MR) is 55.7 cm³/mol. The monoisotopic (exact) mass is 206 g/mol. The average molecular weight is 206 g/mol. The second-order valence-corrected chi connectivity index (χ2v) is 3.67. The van der Waals surface area contributed by atoms with Gasteiger partial charge in [-0.1, -0.05) is 0 Å². The SMILES string of the molecule is COC(=O)c1cc(C)c2c(n1)CNCC2. The first-order valence-corrected chi connectivity index (χ1v) is 5.01. The van der Waals surface area contributed by atoms with Crippen LogP contribution in [0.5, 0.6) is 0 Å².